The second kappa shape index (κ2) is 10.3. The van der Waals surface area contributed by atoms with Crippen molar-refractivity contribution in [3.63, 3.8) is 0 Å². The summed E-state index contributed by atoms with van der Waals surface area (Å²) >= 11 is 1.80. The van der Waals surface area contributed by atoms with Crippen molar-refractivity contribution in [2.45, 2.75) is 6.42 Å². The van der Waals surface area contributed by atoms with Crippen LogP contribution in [0.2, 0.25) is 0 Å². The number of ether oxygens (including phenoxy) is 2. The Morgan fingerprint density at radius 1 is 1.27 bits per heavy atom. The van der Waals surface area contributed by atoms with Crippen molar-refractivity contribution < 1.29 is 14.3 Å². The molecule has 0 saturated carbocycles. The highest BCUT2D eigenvalue weighted by Crippen LogP contribution is 1.98. The normalized spacial score (nSPS) is 10.7. The first-order chi connectivity index (χ1) is 7.24. The van der Waals surface area contributed by atoms with Gasteiger partial charge in [-0.15, -0.1) is 0 Å². The number of methoxy groups -OCH3 is 2. The van der Waals surface area contributed by atoms with Crippen LogP contribution in [0, 0.1) is 0 Å². The van der Waals surface area contributed by atoms with Gasteiger partial charge >= 0.3 is 5.97 Å². The first kappa shape index (κ1) is 14.7. The molecule has 0 aromatic heterocycles. The number of nitrogens with zero attached hydrogens (tertiary/aromatic N) is 1. The Hall–Kier alpha value is -0.260. The predicted octanol–water partition coefficient (Wildman–Crippen LogP) is 0.861. The van der Waals surface area contributed by atoms with Crippen molar-refractivity contribution >= 4 is 17.7 Å². The Kier molecular flexibility index (Phi) is 10.1. The van der Waals surface area contributed by atoms with E-state index in [-0.39, 0.29) is 5.97 Å². The molecular formula is C10H21NO3S. The molecule has 0 rings (SSSR count). The highest BCUT2D eigenvalue weighted by molar-refractivity contribution is 7.98. The largest absolute Gasteiger partial charge is 0.469 e. The van der Waals surface area contributed by atoms with Crippen LogP contribution >= 0.6 is 11.8 Å². The van der Waals surface area contributed by atoms with Crippen LogP contribution in [-0.2, 0) is 14.3 Å². The molecule has 15 heavy (non-hydrogen) atoms. The lowest BCUT2D eigenvalue weighted by Crippen LogP contribution is -2.32. The lowest BCUT2D eigenvalue weighted by molar-refractivity contribution is -0.141. The van der Waals surface area contributed by atoms with Gasteiger partial charge in [0, 0.05) is 32.5 Å². The molecule has 0 aliphatic carbocycles. The van der Waals surface area contributed by atoms with E-state index in [0.29, 0.717) is 13.0 Å². The van der Waals surface area contributed by atoms with Crippen LogP contribution in [-0.4, -0.2) is 63.3 Å². The van der Waals surface area contributed by atoms with Gasteiger partial charge in [-0.2, -0.15) is 11.8 Å². The average Bonchev–Trinajstić information content (AvgIpc) is 2.27. The highest BCUT2D eigenvalue weighted by atomic mass is 32.2. The van der Waals surface area contributed by atoms with Gasteiger partial charge in [0.2, 0.25) is 0 Å². The van der Waals surface area contributed by atoms with Gasteiger partial charge in [-0.1, -0.05) is 0 Å². The maximum absolute atomic E-state index is 11.0. The quantitative estimate of drug-likeness (QED) is 0.554. The van der Waals surface area contributed by atoms with E-state index >= 15 is 0 Å². The van der Waals surface area contributed by atoms with Crippen molar-refractivity contribution in [3.05, 3.63) is 0 Å². The second-order valence-electron chi connectivity index (χ2n) is 3.15. The van der Waals surface area contributed by atoms with Crippen LogP contribution in [0.15, 0.2) is 0 Å². The monoisotopic (exact) mass is 235 g/mol. The molecule has 0 spiro atoms. The Morgan fingerprint density at radius 2 is 2.00 bits per heavy atom. The molecule has 90 valence electrons. The number of carbonyl (C=O) groups excluding carboxylic acids is 1. The minimum Gasteiger partial charge on any atom is -0.469 e. The number of carbonyl (C=O) groups is 1. The number of thioether (sulfide) groups is 1. The summed E-state index contributed by atoms with van der Waals surface area (Å²) in [5.41, 5.74) is 0. The topological polar surface area (TPSA) is 38.8 Å². The molecule has 0 bridgehead atoms. The number of hydrogen-bond donors (Lipinski definition) is 0. The molecule has 0 aromatic carbocycles. The van der Waals surface area contributed by atoms with Crippen molar-refractivity contribution in [2.75, 3.05) is 52.5 Å². The first-order valence-electron chi connectivity index (χ1n) is 5.01. The predicted molar refractivity (Wildman–Crippen MR) is 63.3 cm³/mol. The highest BCUT2D eigenvalue weighted by Gasteiger charge is 2.07. The van der Waals surface area contributed by atoms with Crippen molar-refractivity contribution in [2.24, 2.45) is 0 Å². The fourth-order valence-electron chi connectivity index (χ4n) is 1.13. The second-order valence-corrected chi connectivity index (χ2v) is 4.14. The minimum atomic E-state index is -0.151. The van der Waals surface area contributed by atoms with Crippen molar-refractivity contribution in [3.8, 4) is 0 Å². The summed E-state index contributed by atoms with van der Waals surface area (Å²) in [5.74, 6) is 0.923. The smallest absolute Gasteiger partial charge is 0.306 e. The van der Waals surface area contributed by atoms with Crippen LogP contribution < -0.4 is 0 Å². The van der Waals surface area contributed by atoms with Gasteiger partial charge in [0.25, 0.3) is 0 Å². The molecular weight excluding hydrogens is 214 g/mol. The molecule has 0 aliphatic heterocycles. The Morgan fingerprint density at radius 3 is 2.53 bits per heavy atom. The third-order valence-electron chi connectivity index (χ3n) is 2.08. The third kappa shape index (κ3) is 8.72. The first-order valence-corrected chi connectivity index (χ1v) is 6.41. The summed E-state index contributed by atoms with van der Waals surface area (Å²) in [6.07, 6.45) is 2.53. The molecule has 0 atom stereocenters. The molecule has 0 fully saturated rings. The van der Waals surface area contributed by atoms with E-state index in [9.17, 15) is 4.79 Å². The summed E-state index contributed by atoms with van der Waals surface area (Å²) < 4.78 is 9.63. The van der Waals surface area contributed by atoms with Crippen molar-refractivity contribution in [1.29, 1.82) is 0 Å². The van der Waals surface area contributed by atoms with Gasteiger partial charge in [0.05, 0.1) is 20.1 Å². The Labute approximate surface area is 96.3 Å². The zero-order chi connectivity index (χ0) is 11.5. The van der Waals surface area contributed by atoms with Gasteiger partial charge in [0.15, 0.2) is 0 Å². The third-order valence-corrected chi connectivity index (χ3v) is 2.67. The summed E-state index contributed by atoms with van der Waals surface area (Å²) in [4.78, 5) is 13.2. The van der Waals surface area contributed by atoms with Gasteiger partial charge in [-0.05, 0) is 6.26 Å². The minimum absolute atomic E-state index is 0.151. The standard InChI is InChI=1S/C10H21NO3S/c1-13-8-6-11(7-9-15-3)5-4-10(12)14-2/h4-9H2,1-3H3. The molecule has 0 amide bonds. The SMILES string of the molecule is COCCN(CCSC)CCC(=O)OC. The Balaban J connectivity index is 3.72. The zero-order valence-electron chi connectivity index (χ0n) is 9.82. The van der Waals surface area contributed by atoms with Crippen LogP contribution in [0.25, 0.3) is 0 Å². The molecule has 0 N–H and O–H groups in total. The van der Waals surface area contributed by atoms with Gasteiger partial charge in [-0.3, -0.25) is 9.69 Å². The van der Waals surface area contributed by atoms with E-state index in [1.165, 1.54) is 7.11 Å². The number of hydrogen-bond acceptors (Lipinski definition) is 5. The van der Waals surface area contributed by atoms with Crippen LogP contribution in [0.5, 0.6) is 0 Å². The van der Waals surface area contributed by atoms with Crippen LogP contribution in [0.3, 0.4) is 0 Å². The summed E-state index contributed by atoms with van der Waals surface area (Å²) in [7, 11) is 3.11. The lowest BCUT2D eigenvalue weighted by atomic mass is 10.3. The molecule has 0 unspecified atom stereocenters. The molecule has 0 radical (unpaired) electrons. The summed E-state index contributed by atoms with van der Waals surface area (Å²) in [6.45, 7) is 3.31. The Bertz CT molecular complexity index is 159. The van der Waals surface area contributed by atoms with Gasteiger partial charge < -0.3 is 9.47 Å². The maximum Gasteiger partial charge on any atom is 0.306 e. The number of esters is 1. The summed E-state index contributed by atoms with van der Waals surface area (Å²) in [6, 6.07) is 0. The van der Waals surface area contributed by atoms with E-state index in [4.69, 9.17) is 4.74 Å². The maximum atomic E-state index is 11.0. The van der Waals surface area contributed by atoms with E-state index in [1.807, 2.05) is 0 Å². The van der Waals surface area contributed by atoms with E-state index in [2.05, 4.69) is 15.9 Å². The fraction of sp³-hybridized carbons (Fsp3) is 0.900. The van der Waals surface area contributed by atoms with Crippen LogP contribution in [0.1, 0.15) is 6.42 Å². The molecule has 0 aliphatic rings. The lowest BCUT2D eigenvalue weighted by Gasteiger charge is -2.20. The molecule has 0 saturated heterocycles. The van der Waals surface area contributed by atoms with Crippen LogP contribution in [0.4, 0.5) is 0 Å². The van der Waals surface area contributed by atoms with E-state index < -0.39 is 0 Å². The zero-order valence-corrected chi connectivity index (χ0v) is 10.6. The summed E-state index contributed by atoms with van der Waals surface area (Å²) in [5, 5.41) is 0. The molecule has 5 heteroatoms. The fourth-order valence-corrected chi connectivity index (χ4v) is 1.57. The van der Waals surface area contributed by atoms with Gasteiger partial charge in [0.1, 0.15) is 0 Å². The molecule has 0 heterocycles. The van der Waals surface area contributed by atoms with E-state index in [1.54, 1.807) is 18.9 Å². The van der Waals surface area contributed by atoms with Gasteiger partial charge in [-0.25, -0.2) is 0 Å². The van der Waals surface area contributed by atoms with Crippen molar-refractivity contribution in [1.82, 2.24) is 4.90 Å². The molecule has 0 aromatic rings. The molecule has 4 nitrogen and oxygen atoms in total. The average molecular weight is 235 g/mol. The number of rotatable bonds is 9. The van der Waals surface area contributed by atoms with E-state index in [0.717, 1.165) is 25.4 Å².